The Hall–Kier alpha value is -0.870. The zero-order chi connectivity index (χ0) is 11.0. The molecule has 1 unspecified atom stereocenters. The molecule has 0 spiro atoms. The first kappa shape index (κ1) is 10.6. The van der Waals surface area contributed by atoms with E-state index in [0.29, 0.717) is 5.33 Å². The molecule has 0 aliphatic carbocycles. The number of fused-ring (bicyclic) bond motifs is 1. The van der Waals surface area contributed by atoms with E-state index < -0.39 is 6.10 Å². The number of hydrogen-bond acceptors (Lipinski definition) is 2. The summed E-state index contributed by atoms with van der Waals surface area (Å²) in [5.41, 5.74) is 2.93. The number of aliphatic hydroxyl groups excluding tert-OH is 1. The summed E-state index contributed by atoms with van der Waals surface area (Å²) in [7, 11) is 1.99. The van der Waals surface area contributed by atoms with Gasteiger partial charge in [-0.25, -0.2) is 4.98 Å². The fourth-order valence-corrected chi connectivity index (χ4v) is 2.01. The van der Waals surface area contributed by atoms with Crippen molar-refractivity contribution in [3.05, 3.63) is 29.6 Å². The van der Waals surface area contributed by atoms with Crippen molar-refractivity contribution in [2.45, 2.75) is 13.0 Å². The molecule has 1 aromatic carbocycles. The fraction of sp³-hybridized carbons (Fsp3) is 0.364. The summed E-state index contributed by atoms with van der Waals surface area (Å²) < 4.78 is 2.04. The van der Waals surface area contributed by atoms with E-state index >= 15 is 0 Å². The van der Waals surface area contributed by atoms with Crippen molar-refractivity contribution in [1.29, 1.82) is 0 Å². The second-order valence-electron chi connectivity index (χ2n) is 3.64. The summed E-state index contributed by atoms with van der Waals surface area (Å²) in [4.78, 5) is 4.43. The number of rotatable bonds is 2. The summed E-state index contributed by atoms with van der Waals surface area (Å²) in [6, 6.07) is 5.88. The maximum absolute atomic E-state index is 9.68. The second-order valence-corrected chi connectivity index (χ2v) is 4.28. The summed E-state index contributed by atoms with van der Waals surface area (Å²) in [5, 5.41) is 10.2. The highest BCUT2D eigenvalue weighted by Gasteiger charge is 2.09. The van der Waals surface area contributed by atoms with Gasteiger partial charge in [-0.05, 0) is 24.6 Å². The van der Waals surface area contributed by atoms with Crippen LogP contribution in [-0.2, 0) is 7.05 Å². The molecule has 15 heavy (non-hydrogen) atoms. The largest absolute Gasteiger partial charge is 0.388 e. The van der Waals surface area contributed by atoms with Crippen LogP contribution in [0.15, 0.2) is 18.2 Å². The van der Waals surface area contributed by atoms with Gasteiger partial charge in [-0.1, -0.05) is 22.0 Å². The summed E-state index contributed by atoms with van der Waals surface area (Å²) in [6.07, 6.45) is -0.461. The molecule has 0 amide bonds. The number of aliphatic hydroxyl groups is 1. The predicted molar refractivity (Wildman–Crippen MR) is 64.2 cm³/mol. The van der Waals surface area contributed by atoms with E-state index in [0.717, 1.165) is 22.4 Å². The van der Waals surface area contributed by atoms with Gasteiger partial charge in [0.05, 0.1) is 17.1 Å². The molecule has 0 saturated heterocycles. The number of imidazole rings is 1. The SMILES string of the molecule is Cc1nc2cc(C(O)CBr)ccc2n1C. The molecule has 0 bridgehead atoms. The molecule has 80 valence electrons. The molecular weight excluding hydrogens is 256 g/mol. The van der Waals surface area contributed by atoms with Crippen LogP contribution >= 0.6 is 15.9 Å². The molecule has 2 rings (SSSR count). The molecule has 1 aromatic heterocycles. The molecule has 2 aromatic rings. The minimum atomic E-state index is -0.461. The Morgan fingerprint density at radius 2 is 2.27 bits per heavy atom. The molecule has 1 N–H and O–H groups in total. The Bertz CT molecular complexity index is 493. The van der Waals surface area contributed by atoms with E-state index in [-0.39, 0.29) is 0 Å². The first-order valence-electron chi connectivity index (χ1n) is 4.80. The van der Waals surface area contributed by atoms with Crippen molar-refractivity contribution in [3.63, 3.8) is 0 Å². The van der Waals surface area contributed by atoms with Crippen LogP contribution in [0.2, 0.25) is 0 Å². The Labute approximate surface area is 96.9 Å². The van der Waals surface area contributed by atoms with Crippen LogP contribution < -0.4 is 0 Å². The average molecular weight is 269 g/mol. The van der Waals surface area contributed by atoms with Crippen LogP contribution in [-0.4, -0.2) is 20.0 Å². The van der Waals surface area contributed by atoms with E-state index in [1.165, 1.54) is 0 Å². The summed E-state index contributed by atoms with van der Waals surface area (Å²) in [6.45, 7) is 1.97. The lowest BCUT2D eigenvalue weighted by molar-refractivity contribution is 0.205. The van der Waals surface area contributed by atoms with Crippen molar-refractivity contribution in [2.24, 2.45) is 7.05 Å². The Morgan fingerprint density at radius 1 is 1.53 bits per heavy atom. The third-order valence-electron chi connectivity index (χ3n) is 2.66. The van der Waals surface area contributed by atoms with E-state index in [9.17, 15) is 5.11 Å². The van der Waals surface area contributed by atoms with Gasteiger partial charge < -0.3 is 9.67 Å². The molecule has 1 heterocycles. The molecule has 0 saturated carbocycles. The third-order valence-corrected chi connectivity index (χ3v) is 3.27. The standard InChI is InChI=1S/C11H13BrN2O/c1-7-13-9-5-8(11(15)6-12)3-4-10(9)14(7)2/h3-5,11,15H,6H2,1-2H3. The van der Waals surface area contributed by atoms with Gasteiger partial charge >= 0.3 is 0 Å². The monoisotopic (exact) mass is 268 g/mol. The Morgan fingerprint density at radius 3 is 2.93 bits per heavy atom. The number of aryl methyl sites for hydroxylation is 2. The molecule has 1 atom stereocenters. The predicted octanol–water partition coefficient (Wildman–Crippen LogP) is 2.31. The van der Waals surface area contributed by atoms with Crippen LogP contribution in [0.5, 0.6) is 0 Å². The normalized spacial score (nSPS) is 13.3. The van der Waals surface area contributed by atoms with Crippen molar-refractivity contribution in [3.8, 4) is 0 Å². The Kier molecular flexibility index (Phi) is 2.80. The Balaban J connectivity index is 2.57. The zero-order valence-electron chi connectivity index (χ0n) is 8.74. The number of benzene rings is 1. The van der Waals surface area contributed by atoms with Crippen LogP contribution in [0.3, 0.4) is 0 Å². The lowest BCUT2D eigenvalue weighted by Gasteiger charge is -2.06. The van der Waals surface area contributed by atoms with Crippen molar-refractivity contribution in [1.82, 2.24) is 9.55 Å². The highest BCUT2D eigenvalue weighted by molar-refractivity contribution is 9.09. The maximum atomic E-state index is 9.68. The number of hydrogen-bond donors (Lipinski definition) is 1. The van der Waals surface area contributed by atoms with Crippen LogP contribution in [0.4, 0.5) is 0 Å². The van der Waals surface area contributed by atoms with Gasteiger partial charge in [0.25, 0.3) is 0 Å². The first-order valence-corrected chi connectivity index (χ1v) is 5.92. The number of halogens is 1. The molecule has 0 aliphatic heterocycles. The second kappa shape index (κ2) is 3.94. The zero-order valence-corrected chi connectivity index (χ0v) is 10.3. The molecular formula is C11H13BrN2O. The van der Waals surface area contributed by atoms with Gasteiger partial charge in [-0.2, -0.15) is 0 Å². The van der Waals surface area contributed by atoms with Gasteiger partial charge in [-0.15, -0.1) is 0 Å². The van der Waals surface area contributed by atoms with E-state index in [4.69, 9.17) is 0 Å². The van der Waals surface area contributed by atoms with E-state index in [1.54, 1.807) is 0 Å². The van der Waals surface area contributed by atoms with Crippen molar-refractivity contribution in [2.75, 3.05) is 5.33 Å². The van der Waals surface area contributed by atoms with E-state index in [2.05, 4.69) is 20.9 Å². The number of alkyl halides is 1. The van der Waals surface area contributed by atoms with Crippen LogP contribution in [0, 0.1) is 6.92 Å². The highest BCUT2D eigenvalue weighted by Crippen LogP contribution is 2.21. The van der Waals surface area contributed by atoms with Crippen LogP contribution in [0.1, 0.15) is 17.5 Å². The minimum Gasteiger partial charge on any atom is -0.388 e. The van der Waals surface area contributed by atoms with Gasteiger partial charge in [-0.3, -0.25) is 0 Å². The number of aromatic nitrogens is 2. The van der Waals surface area contributed by atoms with Gasteiger partial charge in [0.2, 0.25) is 0 Å². The molecule has 0 aliphatic rings. The maximum Gasteiger partial charge on any atom is 0.106 e. The van der Waals surface area contributed by atoms with Gasteiger partial charge in [0.15, 0.2) is 0 Å². The van der Waals surface area contributed by atoms with Crippen LogP contribution in [0.25, 0.3) is 11.0 Å². The lowest BCUT2D eigenvalue weighted by atomic mass is 10.1. The third kappa shape index (κ3) is 1.79. The van der Waals surface area contributed by atoms with Crippen molar-refractivity contribution >= 4 is 27.0 Å². The molecule has 4 heteroatoms. The van der Waals surface area contributed by atoms with Gasteiger partial charge in [0.1, 0.15) is 5.82 Å². The minimum absolute atomic E-state index is 0.461. The van der Waals surface area contributed by atoms with Crippen molar-refractivity contribution < 1.29 is 5.11 Å². The smallest absolute Gasteiger partial charge is 0.106 e. The van der Waals surface area contributed by atoms with E-state index in [1.807, 2.05) is 36.7 Å². The first-order chi connectivity index (χ1) is 7.13. The summed E-state index contributed by atoms with van der Waals surface area (Å²) >= 11 is 3.26. The van der Waals surface area contributed by atoms with Gasteiger partial charge in [0, 0.05) is 12.4 Å². The lowest BCUT2D eigenvalue weighted by Crippen LogP contribution is -1.97. The average Bonchev–Trinajstić information content (AvgIpc) is 2.53. The number of nitrogens with zero attached hydrogens (tertiary/aromatic N) is 2. The fourth-order valence-electron chi connectivity index (χ4n) is 1.63. The summed E-state index contributed by atoms with van der Waals surface area (Å²) in [5.74, 6) is 0.982. The topological polar surface area (TPSA) is 38.1 Å². The molecule has 0 fully saturated rings. The quantitative estimate of drug-likeness (QED) is 0.849. The molecule has 0 radical (unpaired) electrons. The molecule has 3 nitrogen and oxygen atoms in total. The highest BCUT2D eigenvalue weighted by atomic mass is 79.9.